The summed E-state index contributed by atoms with van der Waals surface area (Å²) in [5.74, 6) is 1.75. The second-order valence-corrected chi connectivity index (χ2v) is 3.84. The monoisotopic (exact) mass is 208 g/mol. The maximum Gasteiger partial charge on any atom is 0.183 e. The number of furan rings is 1. The van der Waals surface area contributed by atoms with Gasteiger partial charge in [0.2, 0.25) is 0 Å². The lowest BCUT2D eigenvalue weighted by Gasteiger charge is -1.93. The van der Waals surface area contributed by atoms with Crippen LogP contribution in [-0.4, -0.2) is 11.5 Å². The summed E-state index contributed by atoms with van der Waals surface area (Å²) in [6, 6.07) is 3.89. The lowest BCUT2D eigenvalue weighted by atomic mass is 10.4. The molecule has 0 saturated carbocycles. The molecule has 2 rings (SSSR count). The van der Waals surface area contributed by atoms with Crippen LogP contribution in [0.2, 0.25) is 0 Å². The number of aromatic nitrogens is 1. The van der Waals surface area contributed by atoms with E-state index in [1.807, 2.05) is 24.4 Å². The molecule has 0 unspecified atom stereocenters. The molecule has 0 saturated heterocycles. The number of hydrogen-bond donors (Lipinski definition) is 1. The lowest BCUT2D eigenvalue weighted by Crippen LogP contribution is -1.94. The van der Waals surface area contributed by atoms with Crippen LogP contribution in [0.15, 0.2) is 21.9 Å². The summed E-state index contributed by atoms with van der Waals surface area (Å²) in [7, 11) is 0. The van der Waals surface area contributed by atoms with Gasteiger partial charge in [-0.15, -0.1) is 11.3 Å². The summed E-state index contributed by atoms with van der Waals surface area (Å²) in [6.07, 6.45) is 0. The molecular weight excluding hydrogens is 196 g/mol. The Kier molecular flexibility index (Phi) is 2.54. The van der Waals surface area contributed by atoms with Crippen molar-refractivity contribution in [2.24, 2.45) is 0 Å². The number of nitrogens with zero attached hydrogens (tertiary/aromatic N) is 1. The van der Waals surface area contributed by atoms with Crippen molar-refractivity contribution >= 4 is 16.5 Å². The van der Waals surface area contributed by atoms with Crippen molar-refractivity contribution in [3.05, 3.63) is 23.3 Å². The molecule has 2 aromatic rings. The fraction of sp³-hybridized carbons (Fsp3) is 0.300. The topological polar surface area (TPSA) is 38.1 Å². The van der Waals surface area contributed by atoms with Gasteiger partial charge >= 0.3 is 0 Å². The van der Waals surface area contributed by atoms with Gasteiger partial charge in [0, 0.05) is 11.9 Å². The summed E-state index contributed by atoms with van der Waals surface area (Å²) in [5, 5.41) is 6.11. The smallest absolute Gasteiger partial charge is 0.183 e. The molecule has 4 heteroatoms. The first-order valence-corrected chi connectivity index (χ1v) is 5.43. The summed E-state index contributed by atoms with van der Waals surface area (Å²) in [6.45, 7) is 4.88. The van der Waals surface area contributed by atoms with Crippen LogP contribution in [0.1, 0.15) is 12.7 Å². The van der Waals surface area contributed by atoms with Crippen LogP contribution in [0, 0.1) is 6.92 Å². The third-order valence-corrected chi connectivity index (χ3v) is 2.62. The van der Waals surface area contributed by atoms with Crippen molar-refractivity contribution < 1.29 is 4.42 Å². The maximum atomic E-state index is 5.48. The summed E-state index contributed by atoms with van der Waals surface area (Å²) in [5.41, 5.74) is 0.902. The van der Waals surface area contributed by atoms with Gasteiger partial charge in [-0.3, -0.25) is 0 Å². The van der Waals surface area contributed by atoms with Crippen LogP contribution < -0.4 is 5.32 Å². The first kappa shape index (κ1) is 9.27. The number of anilines is 1. The molecule has 2 aromatic heterocycles. The quantitative estimate of drug-likeness (QED) is 0.842. The van der Waals surface area contributed by atoms with E-state index in [2.05, 4.69) is 17.2 Å². The van der Waals surface area contributed by atoms with E-state index in [-0.39, 0.29) is 0 Å². The van der Waals surface area contributed by atoms with Gasteiger partial charge in [0.1, 0.15) is 11.5 Å². The molecule has 0 aliphatic rings. The minimum Gasteiger partial charge on any atom is -0.460 e. The van der Waals surface area contributed by atoms with Crippen LogP contribution in [-0.2, 0) is 0 Å². The Labute approximate surface area is 86.8 Å². The highest BCUT2D eigenvalue weighted by Gasteiger charge is 2.06. The SMILES string of the molecule is CCNc1nc(-c2ccc(C)o2)cs1. The molecule has 0 fully saturated rings. The fourth-order valence-corrected chi connectivity index (χ4v) is 1.96. The van der Waals surface area contributed by atoms with Crippen molar-refractivity contribution in [3.63, 3.8) is 0 Å². The zero-order valence-corrected chi connectivity index (χ0v) is 9.02. The van der Waals surface area contributed by atoms with Gasteiger partial charge in [-0.25, -0.2) is 4.98 Å². The first-order valence-electron chi connectivity index (χ1n) is 4.56. The predicted octanol–water partition coefficient (Wildman–Crippen LogP) is 3.14. The molecule has 0 spiro atoms. The van der Waals surface area contributed by atoms with Crippen LogP contribution in [0.4, 0.5) is 5.13 Å². The molecular formula is C10H12N2OS. The largest absolute Gasteiger partial charge is 0.460 e. The fourth-order valence-electron chi connectivity index (χ4n) is 1.19. The van der Waals surface area contributed by atoms with Gasteiger partial charge in [-0.05, 0) is 26.0 Å². The molecule has 3 nitrogen and oxygen atoms in total. The van der Waals surface area contributed by atoms with E-state index in [1.54, 1.807) is 11.3 Å². The Hall–Kier alpha value is -1.29. The minimum atomic E-state index is 0.836. The third-order valence-electron chi connectivity index (χ3n) is 1.82. The second-order valence-electron chi connectivity index (χ2n) is 2.98. The van der Waals surface area contributed by atoms with Gasteiger partial charge in [-0.1, -0.05) is 0 Å². The molecule has 0 aliphatic carbocycles. The Morgan fingerprint density at radius 3 is 3.00 bits per heavy atom. The molecule has 1 N–H and O–H groups in total. The Bertz CT molecular complexity index is 419. The van der Waals surface area contributed by atoms with E-state index < -0.39 is 0 Å². The summed E-state index contributed by atoms with van der Waals surface area (Å²) < 4.78 is 5.48. The van der Waals surface area contributed by atoms with E-state index in [0.29, 0.717) is 0 Å². The average Bonchev–Trinajstić information content (AvgIpc) is 2.74. The highest BCUT2D eigenvalue weighted by Crippen LogP contribution is 2.25. The van der Waals surface area contributed by atoms with Crippen molar-refractivity contribution in [1.82, 2.24) is 4.98 Å². The van der Waals surface area contributed by atoms with Gasteiger partial charge in [0.05, 0.1) is 0 Å². The minimum absolute atomic E-state index is 0.836. The van der Waals surface area contributed by atoms with E-state index >= 15 is 0 Å². The Morgan fingerprint density at radius 2 is 2.36 bits per heavy atom. The molecule has 0 aliphatic heterocycles. The van der Waals surface area contributed by atoms with Crippen molar-refractivity contribution in [2.45, 2.75) is 13.8 Å². The van der Waals surface area contributed by atoms with Gasteiger partial charge in [0.15, 0.2) is 10.9 Å². The zero-order chi connectivity index (χ0) is 9.97. The Morgan fingerprint density at radius 1 is 1.50 bits per heavy atom. The van der Waals surface area contributed by atoms with Gasteiger partial charge < -0.3 is 9.73 Å². The number of thiazole rings is 1. The van der Waals surface area contributed by atoms with E-state index in [1.165, 1.54) is 0 Å². The van der Waals surface area contributed by atoms with Crippen molar-refractivity contribution in [1.29, 1.82) is 0 Å². The van der Waals surface area contributed by atoms with Crippen LogP contribution in [0.3, 0.4) is 0 Å². The molecule has 0 aromatic carbocycles. The van der Waals surface area contributed by atoms with E-state index in [0.717, 1.165) is 28.9 Å². The Balaban J connectivity index is 2.24. The third kappa shape index (κ3) is 1.80. The summed E-state index contributed by atoms with van der Waals surface area (Å²) in [4.78, 5) is 4.40. The van der Waals surface area contributed by atoms with Crippen LogP contribution >= 0.6 is 11.3 Å². The predicted molar refractivity (Wildman–Crippen MR) is 58.7 cm³/mol. The number of aryl methyl sites for hydroxylation is 1. The molecule has 0 radical (unpaired) electrons. The molecule has 0 bridgehead atoms. The van der Waals surface area contributed by atoms with Gasteiger partial charge in [-0.2, -0.15) is 0 Å². The molecule has 14 heavy (non-hydrogen) atoms. The number of hydrogen-bond acceptors (Lipinski definition) is 4. The van der Waals surface area contributed by atoms with Crippen molar-refractivity contribution in [2.75, 3.05) is 11.9 Å². The van der Waals surface area contributed by atoms with E-state index in [4.69, 9.17) is 4.42 Å². The number of rotatable bonds is 3. The van der Waals surface area contributed by atoms with Crippen molar-refractivity contribution in [3.8, 4) is 11.5 Å². The highest BCUT2D eigenvalue weighted by atomic mass is 32.1. The molecule has 74 valence electrons. The van der Waals surface area contributed by atoms with Crippen LogP contribution in [0.5, 0.6) is 0 Å². The zero-order valence-electron chi connectivity index (χ0n) is 8.20. The molecule has 0 atom stereocenters. The van der Waals surface area contributed by atoms with Gasteiger partial charge in [0.25, 0.3) is 0 Å². The average molecular weight is 208 g/mol. The lowest BCUT2D eigenvalue weighted by molar-refractivity contribution is 0.547. The second kappa shape index (κ2) is 3.84. The van der Waals surface area contributed by atoms with Crippen LogP contribution in [0.25, 0.3) is 11.5 Å². The molecule has 0 amide bonds. The maximum absolute atomic E-state index is 5.48. The normalized spacial score (nSPS) is 10.4. The first-order chi connectivity index (χ1) is 6.79. The summed E-state index contributed by atoms with van der Waals surface area (Å²) >= 11 is 1.60. The molecule has 2 heterocycles. The highest BCUT2D eigenvalue weighted by molar-refractivity contribution is 7.14. The standard InChI is InChI=1S/C10H12N2OS/c1-3-11-10-12-8(6-14-10)9-5-4-7(2)13-9/h4-6H,3H2,1-2H3,(H,11,12). The van der Waals surface area contributed by atoms with E-state index in [9.17, 15) is 0 Å². The number of nitrogens with one attached hydrogen (secondary N) is 1.